The lowest BCUT2D eigenvalue weighted by atomic mass is 10.2. The topological polar surface area (TPSA) is 96.3 Å². The van der Waals surface area contributed by atoms with Crippen LogP contribution in [0.15, 0.2) is 47.4 Å². The third kappa shape index (κ3) is 4.68. The summed E-state index contributed by atoms with van der Waals surface area (Å²) >= 11 is 5.57. The van der Waals surface area contributed by atoms with Crippen molar-refractivity contribution in [1.29, 1.82) is 5.26 Å². The van der Waals surface area contributed by atoms with Crippen LogP contribution < -0.4 is 9.46 Å². The Labute approximate surface area is 148 Å². The van der Waals surface area contributed by atoms with Crippen LogP contribution in [0.25, 0.3) is 0 Å². The highest BCUT2D eigenvalue weighted by molar-refractivity contribution is 7.90. The van der Waals surface area contributed by atoms with Gasteiger partial charge in [0, 0.05) is 5.02 Å². The zero-order chi connectivity index (χ0) is 18.6. The Kier molecular flexibility index (Phi) is 5.62. The molecule has 2 aromatic rings. The number of nitriles is 1. The minimum absolute atomic E-state index is 0.0280. The van der Waals surface area contributed by atoms with E-state index in [1.54, 1.807) is 4.72 Å². The number of amides is 1. The average molecular weight is 383 g/mol. The molecule has 0 aliphatic carbocycles. The van der Waals surface area contributed by atoms with Gasteiger partial charge in [-0.25, -0.2) is 17.5 Å². The molecule has 6 nitrogen and oxygen atoms in total. The van der Waals surface area contributed by atoms with Gasteiger partial charge in [-0.05, 0) is 49.4 Å². The lowest BCUT2D eigenvalue weighted by molar-refractivity contribution is -0.125. The monoisotopic (exact) mass is 382 g/mol. The third-order valence-electron chi connectivity index (χ3n) is 3.08. The quantitative estimate of drug-likeness (QED) is 0.857. The lowest BCUT2D eigenvalue weighted by Crippen LogP contribution is -2.40. The van der Waals surface area contributed by atoms with Crippen LogP contribution in [0.5, 0.6) is 5.75 Å². The summed E-state index contributed by atoms with van der Waals surface area (Å²) in [4.78, 5) is 11.3. The maximum atomic E-state index is 13.7. The van der Waals surface area contributed by atoms with Crippen molar-refractivity contribution in [2.45, 2.75) is 17.9 Å². The van der Waals surface area contributed by atoms with Crippen LogP contribution >= 0.6 is 11.6 Å². The van der Waals surface area contributed by atoms with Gasteiger partial charge in [0.05, 0.1) is 11.6 Å². The Hall–Kier alpha value is -2.63. The molecule has 9 heteroatoms. The van der Waals surface area contributed by atoms with Gasteiger partial charge in [0.1, 0.15) is 16.5 Å². The minimum Gasteiger partial charge on any atom is -0.481 e. The lowest BCUT2D eigenvalue weighted by Gasteiger charge is -2.15. The standard InChI is InChI=1S/C16H12ClFN2O4S/c1-10(24-13-5-2-11(9-19)3-6-13)16(21)20-25(22,23)15-7-4-12(17)8-14(15)18/h2-8,10H,1H3,(H,20,21)/t10-/m0/s1. The van der Waals surface area contributed by atoms with Gasteiger partial charge in [-0.15, -0.1) is 0 Å². The number of halogens is 2. The molecule has 0 heterocycles. The Balaban J connectivity index is 2.10. The molecule has 25 heavy (non-hydrogen) atoms. The minimum atomic E-state index is -4.41. The van der Waals surface area contributed by atoms with Crippen LogP contribution in [0.3, 0.4) is 0 Å². The second-order valence-corrected chi connectivity index (χ2v) is 7.03. The molecule has 1 N–H and O–H groups in total. The SMILES string of the molecule is C[C@H](Oc1ccc(C#N)cc1)C(=O)NS(=O)(=O)c1ccc(Cl)cc1F. The predicted octanol–water partition coefficient (Wildman–Crippen LogP) is 2.62. The fourth-order valence-electron chi connectivity index (χ4n) is 1.83. The number of carbonyl (C=O) groups is 1. The predicted molar refractivity (Wildman–Crippen MR) is 88.0 cm³/mol. The van der Waals surface area contributed by atoms with Crippen molar-refractivity contribution in [2.75, 3.05) is 0 Å². The average Bonchev–Trinajstić information content (AvgIpc) is 2.54. The number of rotatable bonds is 5. The van der Waals surface area contributed by atoms with Crippen molar-refractivity contribution in [3.63, 3.8) is 0 Å². The Bertz CT molecular complexity index is 940. The van der Waals surface area contributed by atoms with Crippen molar-refractivity contribution in [3.05, 3.63) is 58.9 Å². The van der Waals surface area contributed by atoms with E-state index in [-0.39, 0.29) is 10.8 Å². The number of hydrogen-bond acceptors (Lipinski definition) is 5. The van der Waals surface area contributed by atoms with E-state index in [1.807, 2.05) is 6.07 Å². The Morgan fingerprint density at radius 1 is 1.28 bits per heavy atom. The summed E-state index contributed by atoms with van der Waals surface area (Å²) in [7, 11) is -4.41. The molecule has 0 unspecified atom stereocenters. The van der Waals surface area contributed by atoms with Gasteiger partial charge in [-0.1, -0.05) is 11.6 Å². The zero-order valence-corrected chi connectivity index (χ0v) is 14.4. The molecule has 0 aliphatic heterocycles. The molecule has 1 amide bonds. The molecule has 0 bridgehead atoms. The molecule has 1 atom stereocenters. The molecule has 2 aromatic carbocycles. The molecule has 0 aromatic heterocycles. The van der Waals surface area contributed by atoms with E-state index >= 15 is 0 Å². The number of nitrogens with one attached hydrogen (secondary N) is 1. The molecule has 2 rings (SSSR count). The number of ether oxygens (including phenoxy) is 1. The van der Waals surface area contributed by atoms with Gasteiger partial charge < -0.3 is 4.74 Å². The number of carbonyl (C=O) groups excluding carboxylic acids is 1. The number of hydrogen-bond donors (Lipinski definition) is 1. The Morgan fingerprint density at radius 2 is 1.92 bits per heavy atom. The van der Waals surface area contributed by atoms with E-state index in [4.69, 9.17) is 21.6 Å². The second-order valence-electron chi connectivity index (χ2n) is 4.94. The highest BCUT2D eigenvalue weighted by atomic mass is 35.5. The van der Waals surface area contributed by atoms with Gasteiger partial charge >= 0.3 is 0 Å². The van der Waals surface area contributed by atoms with Crippen LogP contribution in [0, 0.1) is 17.1 Å². The molecule has 130 valence electrons. The number of nitrogens with zero attached hydrogens (tertiary/aromatic N) is 1. The largest absolute Gasteiger partial charge is 0.481 e. The van der Waals surface area contributed by atoms with Crippen LogP contribution in [0.1, 0.15) is 12.5 Å². The first-order valence-electron chi connectivity index (χ1n) is 6.91. The molecule has 0 spiro atoms. The van der Waals surface area contributed by atoms with E-state index < -0.39 is 32.7 Å². The first kappa shape index (κ1) is 18.7. The molecular weight excluding hydrogens is 371 g/mol. The summed E-state index contributed by atoms with van der Waals surface area (Å²) in [5.41, 5.74) is 0.408. The van der Waals surface area contributed by atoms with Crippen molar-refractivity contribution < 1.29 is 22.3 Å². The normalized spacial score (nSPS) is 12.1. The smallest absolute Gasteiger partial charge is 0.274 e. The van der Waals surface area contributed by atoms with E-state index in [9.17, 15) is 17.6 Å². The molecule has 0 radical (unpaired) electrons. The van der Waals surface area contributed by atoms with E-state index in [0.29, 0.717) is 5.56 Å². The summed E-state index contributed by atoms with van der Waals surface area (Å²) in [5.74, 6) is -1.77. The fraction of sp³-hybridized carbons (Fsp3) is 0.125. The van der Waals surface area contributed by atoms with Crippen molar-refractivity contribution in [2.24, 2.45) is 0 Å². The van der Waals surface area contributed by atoms with E-state index in [2.05, 4.69) is 0 Å². The second kappa shape index (κ2) is 7.51. The van der Waals surface area contributed by atoms with Crippen molar-refractivity contribution >= 4 is 27.5 Å². The highest BCUT2D eigenvalue weighted by Crippen LogP contribution is 2.19. The summed E-state index contributed by atoms with van der Waals surface area (Å²) < 4.78 is 45.0. The third-order valence-corrected chi connectivity index (χ3v) is 4.70. The van der Waals surface area contributed by atoms with Crippen LogP contribution in [0.4, 0.5) is 4.39 Å². The van der Waals surface area contributed by atoms with Gasteiger partial charge in [-0.3, -0.25) is 4.79 Å². The van der Waals surface area contributed by atoms with E-state index in [0.717, 1.165) is 12.1 Å². The summed E-state index contributed by atoms with van der Waals surface area (Å²) in [6.07, 6.45) is -1.17. The van der Waals surface area contributed by atoms with Crippen LogP contribution in [0.2, 0.25) is 5.02 Å². The summed E-state index contributed by atoms with van der Waals surface area (Å²) in [6, 6.07) is 10.8. The van der Waals surface area contributed by atoms with Gasteiger partial charge in [0.25, 0.3) is 15.9 Å². The maximum absolute atomic E-state index is 13.7. The van der Waals surface area contributed by atoms with Crippen molar-refractivity contribution in [3.8, 4) is 11.8 Å². The van der Waals surface area contributed by atoms with Crippen LogP contribution in [-0.2, 0) is 14.8 Å². The Morgan fingerprint density at radius 3 is 2.48 bits per heavy atom. The molecule has 0 aliphatic rings. The first-order chi connectivity index (χ1) is 11.7. The van der Waals surface area contributed by atoms with E-state index in [1.165, 1.54) is 37.3 Å². The number of benzene rings is 2. The van der Waals surface area contributed by atoms with Gasteiger partial charge in [0.15, 0.2) is 6.10 Å². The molecule has 0 saturated carbocycles. The first-order valence-corrected chi connectivity index (χ1v) is 8.77. The van der Waals surface area contributed by atoms with Gasteiger partial charge in [0.2, 0.25) is 0 Å². The highest BCUT2D eigenvalue weighted by Gasteiger charge is 2.25. The van der Waals surface area contributed by atoms with Gasteiger partial charge in [-0.2, -0.15) is 5.26 Å². The molecular formula is C16H12ClFN2O4S. The molecule has 0 fully saturated rings. The number of sulfonamides is 1. The maximum Gasteiger partial charge on any atom is 0.274 e. The van der Waals surface area contributed by atoms with Crippen LogP contribution in [-0.4, -0.2) is 20.4 Å². The van der Waals surface area contributed by atoms with Crippen molar-refractivity contribution in [1.82, 2.24) is 4.72 Å². The zero-order valence-electron chi connectivity index (χ0n) is 12.9. The molecule has 0 saturated heterocycles. The summed E-state index contributed by atoms with van der Waals surface area (Å²) in [6.45, 7) is 1.33. The summed E-state index contributed by atoms with van der Waals surface area (Å²) in [5, 5.41) is 8.74. The fourth-order valence-corrected chi connectivity index (χ4v) is 3.09.